The fraction of sp³-hybridized carbons (Fsp3) is 0.619. The molecule has 3 heterocycles. The van der Waals surface area contributed by atoms with Crippen LogP contribution in [0.1, 0.15) is 49.5 Å². The zero-order valence-corrected chi connectivity index (χ0v) is 18.0. The van der Waals surface area contributed by atoms with Gasteiger partial charge in [0.15, 0.2) is 5.65 Å². The van der Waals surface area contributed by atoms with Crippen LogP contribution in [0.2, 0.25) is 0 Å². The summed E-state index contributed by atoms with van der Waals surface area (Å²) >= 11 is 0. The number of hydrogen-bond donors (Lipinski definition) is 3. The molecule has 2 aliphatic rings. The number of hydrogen-bond acceptors (Lipinski definition) is 4. The largest absolute Gasteiger partial charge is 0.465 e. The number of nitrogens with one attached hydrogen (secondary N) is 2. The number of carboxylic acid groups (broad SMARTS) is 1. The highest BCUT2D eigenvalue weighted by atomic mass is 19.4. The third-order valence-electron chi connectivity index (χ3n) is 6.61. The number of amides is 2. The highest BCUT2D eigenvalue weighted by molar-refractivity contribution is 5.79. The summed E-state index contributed by atoms with van der Waals surface area (Å²) in [4.78, 5) is 27.8. The van der Waals surface area contributed by atoms with Gasteiger partial charge >= 0.3 is 12.3 Å². The molecule has 0 radical (unpaired) electrons. The van der Waals surface area contributed by atoms with Gasteiger partial charge in [0, 0.05) is 31.7 Å². The van der Waals surface area contributed by atoms with Crippen molar-refractivity contribution in [3.05, 3.63) is 29.7 Å². The van der Waals surface area contributed by atoms with Crippen molar-refractivity contribution < 1.29 is 36.6 Å². The number of alkyl halides is 5. The molecule has 2 aromatic rings. The molecule has 186 valence electrons. The van der Waals surface area contributed by atoms with Crippen molar-refractivity contribution in [2.75, 3.05) is 6.54 Å². The molecule has 8 nitrogen and oxygen atoms in total. The maximum absolute atomic E-state index is 13.6. The van der Waals surface area contributed by atoms with Gasteiger partial charge in [-0.05, 0) is 37.3 Å². The molecular formula is C21H24F5N5O3. The second kappa shape index (κ2) is 8.99. The molecule has 3 atom stereocenters. The smallest absolute Gasteiger partial charge is 0.405 e. The van der Waals surface area contributed by atoms with Gasteiger partial charge in [-0.1, -0.05) is 0 Å². The number of nitrogens with zero attached hydrogens (tertiary/aromatic N) is 3. The second-order valence-corrected chi connectivity index (χ2v) is 9.03. The lowest BCUT2D eigenvalue weighted by atomic mass is 9.81. The lowest BCUT2D eigenvalue weighted by Gasteiger charge is -2.32. The zero-order chi connectivity index (χ0) is 24.7. The molecule has 0 bridgehead atoms. The summed E-state index contributed by atoms with van der Waals surface area (Å²) in [6.07, 6.45) is -5.00. The number of carbonyl (C=O) groups excluding carboxylic acids is 1. The minimum Gasteiger partial charge on any atom is -0.465 e. The Kier molecular flexibility index (Phi) is 6.38. The Labute approximate surface area is 190 Å². The molecule has 1 aliphatic carbocycles. The third-order valence-corrected chi connectivity index (χ3v) is 6.61. The number of fused-ring (bicyclic) bond motifs is 1. The van der Waals surface area contributed by atoms with E-state index in [4.69, 9.17) is 0 Å². The average molecular weight is 489 g/mol. The number of piperidine rings is 1. The summed E-state index contributed by atoms with van der Waals surface area (Å²) in [5.41, 5.74) is 1.05. The highest BCUT2D eigenvalue weighted by Gasteiger charge is 2.45. The van der Waals surface area contributed by atoms with E-state index in [1.165, 1.54) is 10.7 Å². The highest BCUT2D eigenvalue weighted by Crippen LogP contribution is 2.41. The molecule has 13 heteroatoms. The number of carbonyl (C=O) groups is 2. The minimum absolute atomic E-state index is 0.00359. The predicted molar refractivity (Wildman–Crippen MR) is 108 cm³/mol. The molecule has 4 rings (SSSR count). The number of rotatable bonds is 5. The zero-order valence-electron chi connectivity index (χ0n) is 18.0. The van der Waals surface area contributed by atoms with Crippen LogP contribution in [-0.4, -0.2) is 50.3 Å². The van der Waals surface area contributed by atoms with Gasteiger partial charge in [0.2, 0.25) is 11.8 Å². The van der Waals surface area contributed by atoms with Crippen molar-refractivity contribution in [1.82, 2.24) is 25.2 Å². The molecule has 0 aromatic carbocycles. The van der Waals surface area contributed by atoms with E-state index < -0.39 is 48.5 Å². The van der Waals surface area contributed by atoms with Crippen molar-refractivity contribution in [2.45, 2.75) is 56.7 Å². The maximum Gasteiger partial charge on any atom is 0.405 e. The van der Waals surface area contributed by atoms with Gasteiger partial charge in [-0.3, -0.25) is 4.79 Å². The number of halogens is 5. The van der Waals surface area contributed by atoms with Crippen LogP contribution >= 0.6 is 0 Å². The summed E-state index contributed by atoms with van der Waals surface area (Å²) in [5, 5.41) is 18.3. The first kappa shape index (κ1) is 24.1. The quantitative estimate of drug-likeness (QED) is 0.555. The van der Waals surface area contributed by atoms with Crippen molar-refractivity contribution >= 4 is 17.6 Å². The van der Waals surface area contributed by atoms with Crippen LogP contribution in [0, 0.1) is 17.8 Å². The van der Waals surface area contributed by atoms with E-state index in [0.717, 1.165) is 0 Å². The van der Waals surface area contributed by atoms with E-state index in [2.05, 4.69) is 20.7 Å². The first-order chi connectivity index (χ1) is 15.9. The van der Waals surface area contributed by atoms with Gasteiger partial charge in [0.25, 0.3) is 0 Å². The first-order valence-corrected chi connectivity index (χ1v) is 11.0. The SMILES string of the molecule is O=C(O)NC(c1cn2nc(CC3C[C@H](C(F)(F)F)CNC3=O)ccc2n1)C1CCC(F)(F)CC1. The minimum atomic E-state index is -4.40. The van der Waals surface area contributed by atoms with Gasteiger partial charge in [0.05, 0.1) is 29.5 Å². The molecule has 0 spiro atoms. The summed E-state index contributed by atoms with van der Waals surface area (Å²) < 4.78 is 67.8. The molecule has 2 aromatic heterocycles. The third kappa shape index (κ3) is 5.39. The first-order valence-electron chi connectivity index (χ1n) is 11.0. The Balaban J connectivity index is 1.53. The average Bonchev–Trinajstić information content (AvgIpc) is 3.16. The Hall–Kier alpha value is -2.99. The van der Waals surface area contributed by atoms with E-state index >= 15 is 0 Å². The molecule has 3 N–H and O–H groups in total. The topological polar surface area (TPSA) is 109 Å². The van der Waals surface area contributed by atoms with Crippen LogP contribution in [0.4, 0.5) is 26.7 Å². The fourth-order valence-corrected chi connectivity index (χ4v) is 4.74. The van der Waals surface area contributed by atoms with Crippen molar-refractivity contribution in [3.8, 4) is 0 Å². The second-order valence-electron chi connectivity index (χ2n) is 9.03. The Bertz CT molecular complexity index is 1060. The lowest BCUT2D eigenvalue weighted by Crippen LogP contribution is -2.47. The Morgan fingerprint density at radius 3 is 2.65 bits per heavy atom. The van der Waals surface area contributed by atoms with E-state index in [0.29, 0.717) is 17.0 Å². The molecular weight excluding hydrogens is 465 g/mol. The monoisotopic (exact) mass is 489 g/mol. The normalized spacial score (nSPS) is 24.6. The lowest BCUT2D eigenvalue weighted by molar-refractivity contribution is -0.183. The van der Waals surface area contributed by atoms with Crippen LogP contribution in [0.15, 0.2) is 18.3 Å². The molecule has 2 unspecified atom stereocenters. The fourth-order valence-electron chi connectivity index (χ4n) is 4.74. The summed E-state index contributed by atoms with van der Waals surface area (Å²) in [5.74, 6) is -6.11. The van der Waals surface area contributed by atoms with Crippen LogP contribution < -0.4 is 10.6 Å². The Morgan fingerprint density at radius 1 is 1.29 bits per heavy atom. The van der Waals surface area contributed by atoms with E-state index in [1.807, 2.05) is 0 Å². The standard InChI is InChI=1S/C21H24F5N5O3/c22-20(23)5-3-11(4-6-20)17(29-19(33)34)15-10-31-16(28-15)2-1-14(30-31)8-12-7-13(21(24,25)26)9-27-18(12)32/h1-2,10-13,17,29H,3-9H2,(H,27,32)(H,33,34)/t12?,13-,17?/m0/s1. The van der Waals surface area contributed by atoms with E-state index in [9.17, 15) is 36.6 Å². The van der Waals surface area contributed by atoms with Gasteiger partial charge < -0.3 is 15.7 Å². The number of aromatic nitrogens is 3. The van der Waals surface area contributed by atoms with E-state index in [-0.39, 0.29) is 44.4 Å². The van der Waals surface area contributed by atoms with Gasteiger partial charge in [0.1, 0.15) is 0 Å². The summed E-state index contributed by atoms with van der Waals surface area (Å²) in [6, 6.07) is 2.31. The van der Waals surface area contributed by atoms with Gasteiger partial charge in [-0.25, -0.2) is 23.1 Å². The van der Waals surface area contributed by atoms with Crippen LogP contribution in [-0.2, 0) is 11.2 Å². The molecule has 34 heavy (non-hydrogen) atoms. The molecule has 2 amide bonds. The van der Waals surface area contributed by atoms with Gasteiger partial charge in [-0.2, -0.15) is 18.3 Å². The van der Waals surface area contributed by atoms with Crippen molar-refractivity contribution in [3.63, 3.8) is 0 Å². The van der Waals surface area contributed by atoms with Crippen LogP contribution in [0.25, 0.3) is 5.65 Å². The number of imidazole rings is 1. The van der Waals surface area contributed by atoms with Gasteiger partial charge in [-0.15, -0.1) is 0 Å². The Morgan fingerprint density at radius 2 is 2.00 bits per heavy atom. The molecule has 1 saturated carbocycles. The molecule has 1 aliphatic heterocycles. The van der Waals surface area contributed by atoms with Crippen molar-refractivity contribution in [2.24, 2.45) is 17.8 Å². The molecule has 2 fully saturated rings. The molecule has 1 saturated heterocycles. The summed E-state index contributed by atoms with van der Waals surface area (Å²) in [7, 11) is 0. The maximum atomic E-state index is 13.6. The van der Waals surface area contributed by atoms with Crippen molar-refractivity contribution in [1.29, 1.82) is 0 Å². The predicted octanol–water partition coefficient (Wildman–Crippen LogP) is 3.72. The van der Waals surface area contributed by atoms with Crippen LogP contribution in [0.3, 0.4) is 0 Å². The van der Waals surface area contributed by atoms with E-state index in [1.54, 1.807) is 12.1 Å². The summed E-state index contributed by atoms with van der Waals surface area (Å²) in [6.45, 7) is -0.443. The van der Waals surface area contributed by atoms with Crippen LogP contribution in [0.5, 0.6) is 0 Å².